The first-order valence-electron chi connectivity index (χ1n) is 10.6. The van der Waals surface area contributed by atoms with Gasteiger partial charge in [-0.3, -0.25) is 4.79 Å². The fourth-order valence-corrected chi connectivity index (χ4v) is 3.68. The Kier molecular flexibility index (Phi) is 6.56. The Morgan fingerprint density at radius 1 is 0.812 bits per heavy atom. The fourth-order valence-electron chi connectivity index (χ4n) is 3.68. The Hall–Kier alpha value is -3.99. The average molecular weight is 424 g/mol. The van der Waals surface area contributed by atoms with E-state index < -0.39 is 0 Å². The lowest BCUT2D eigenvalue weighted by atomic mass is 9.88. The standard InChI is InChI=1S/C27H25N3O2/c1-19-16-20(2)29-27(28-19)32-24-15-9-14-23(17-24)30-26(31)18-25(21-10-5-3-6-11-21)22-12-7-4-8-13-22/h3-17,25H,18H2,1-2H3,(H,30,31). The smallest absolute Gasteiger partial charge is 0.322 e. The van der Waals surface area contributed by atoms with Crippen LogP contribution in [0.2, 0.25) is 0 Å². The summed E-state index contributed by atoms with van der Waals surface area (Å²) in [6.45, 7) is 3.79. The first-order chi connectivity index (χ1) is 15.6. The molecule has 0 fully saturated rings. The Morgan fingerprint density at radius 3 is 2.00 bits per heavy atom. The van der Waals surface area contributed by atoms with Gasteiger partial charge in [-0.15, -0.1) is 0 Å². The van der Waals surface area contributed by atoms with Crippen molar-refractivity contribution in [2.75, 3.05) is 5.32 Å². The Bertz CT molecular complexity index is 1130. The maximum Gasteiger partial charge on any atom is 0.322 e. The molecule has 160 valence electrons. The van der Waals surface area contributed by atoms with Crippen LogP contribution in [0.5, 0.6) is 11.8 Å². The van der Waals surface area contributed by atoms with E-state index in [9.17, 15) is 4.79 Å². The second kappa shape index (κ2) is 9.88. The number of carbonyl (C=O) groups excluding carboxylic acids is 1. The summed E-state index contributed by atoms with van der Waals surface area (Å²) >= 11 is 0. The Labute approximate surface area is 188 Å². The van der Waals surface area contributed by atoms with Crippen molar-refractivity contribution < 1.29 is 9.53 Å². The molecule has 0 saturated carbocycles. The van der Waals surface area contributed by atoms with Crippen LogP contribution in [-0.4, -0.2) is 15.9 Å². The molecule has 4 aromatic rings. The van der Waals surface area contributed by atoms with Crippen molar-refractivity contribution in [2.24, 2.45) is 0 Å². The Balaban J connectivity index is 1.49. The zero-order valence-corrected chi connectivity index (χ0v) is 18.2. The summed E-state index contributed by atoms with van der Waals surface area (Å²) in [5, 5.41) is 3.00. The molecule has 0 unspecified atom stereocenters. The van der Waals surface area contributed by atoms with Gasteiger partial charge in [-0.1, -0.05) is 66.7 Å². The van der Waals surface area contributed by atoms with Gasteiger partial charge in [0, 0.05) is 35.5 Å². The molecule has 0 atom stereocenters. The first-order valence-corrected chi connectivity index (χ1v) is 10.6. The van der Waals surface area contributed by atoms with Crippen LogP contribution in [0.15, 0.2) is 91.0 Å². The summed E-state index contributed by atoms with van der Waals surface area (Å²) in [4.78, 5) is 21.6. The van der Waals surface area contributed by atoms with Gasteiger partial charge < -0.3 is 10.1 Å². The van der Waals surface area contributed by atoms with Crippen molar-refractivity contribution in [3.05, 3.63) is 114 Å². The van der Waals surface area contributed by atoms with E-state index in [1.165, 1.54) is 0 Å². The summed E-state index contributed by atoms with van der Waals surface area (Å²) in [5.41, 5.74) is 4.56. The van der Waals surface area contributed by atoms with E-state index in [2.05, 4.69) is 39.6 Å². The van der Waals surface area contributed by atoms with Gasteiger partial charge in [-0.2, -0.15) is 0 Å². The van der Waals surface area contributed by atoms with Gasteiger partial charge in [0.15, 0.2) is 0 Å². The topological polar surface area (TPSA) is 64.1 Å². The number of anilines is 1. The zero-order valence-electron chi connectivity index (χ0n) is 18.2. The first kappa shape index (κ1) is 21.2. The van der Waals surface area contributed by atoms with Gasteiger partial charge in [-0.05, 0) is 43.2 Å². The minimum absolute atomic E-state index is 0.0273. The highest BCUT2D eigenvalue weighted by molar-refractivity contribution is 5.91. The molecule has 32 heavy (non-hydrogen) atoms. The number of hydrogen-bond donors (Lipinski definition) is 1. The lowest BCUT2D eigenvalue weighted by Gasteiger charge is -2.18. The number of aryl methyl sites for hydroxylation is 2. The molecule has 1 N–H and O–H groups in total. The van der Waals surface area contributed by atoms with Gasteiger partial charge in [0.1, 0.15) is 5.75 Å². The van der Waals surface area contributed by atoms with E-state index in [0.717, 1.165) is 22.5 Å². The molecule has 3 aromatic carbocycles. The number of benzene rings is 3. The van der Waals surface area contributed by atoms with E-state index >= 15 is 0 Å². The van der Waals surface area contributed by atoms with Crippen LogP contribution in [0, 0.1) is 13.8 Å². The minimum atomic E-state index is -0.0671. The second-order valence-electron chi connectivity index (χ2n) is 7.69. The van der Waals surface area contributed by atoms with E-state index in [0.29, 0.717) is 23.9 Å². The molecular weight excluding hydrogens is 398 g/mol. The predicted octanol–water partition coefficient (Wildman–Crippen LogP) is 6.05. The van der Waals surface area contributed by atoms with Crippen LogP contribution >= 0.6 is 0 Å². The van der Waals surface area contributed by atoms with Crippen LogP contribution in [-0.2, 0) is 4.79 Å². The van der Waals surface area contributed by atoms with Gasteiger partial charge >= 0.3 is 6.01 Å². The number of hydrogen-bond acceptors (Lipinski definition) is 4. The van der Waals surface area contributed by atoms with Crippen LogP contribution in [0.3, 0.4) is 0 Å². The number of carbonyl (C=O) groups is 1. The van der Waals surface area contributed by atoms with Gasteiger partial charge in [0.25, 0.3) is 0 Å². The molecular formula is C27H25N3O2. The molecule has 0 saturated heterocycles. The average Bonchev–Trinajstić information content (AvgIpc) is 2.78. The van der Waals surface area contributed by atoms with Crippen LogP contribution in [0.4, 0.5) is 5.69 Å². The quantitative estimate of drug-likeness (QED) is 0.393. The van der Waals surface area contributed by atoms with Crippen molar-refractivity contribution in [1.29, 1.82) is 0 Å². The van der Waals surface area contributed by atoms with E-state index in [4.69, 9.17) is 4.74 Å². The summed E-state index contributed by atoms with van der Waals surface area (Å²) in [7, 11) is 0. The molecule has 0 spiro atoms. The second-order valence-corrected chi connectivity index (χ2v) is 7.69. The number of rotatable bonds is 7. The number of amides is 1. The highest BCUT2D eigenvalue weighted by atomic mass is 16.5. The van der Waals surface area contributed by atoms with E-state index in [1.54, 1.807) is 6.07 Å². The highest BCUT2D eigenvalue weighted by Crippen LogP contribution is 2.29. The normalized spacial score (nSPS) is 10.7. The van der Waals surface area contributed by atoms with Crippen LogP contribution < -0.4 is 10.1 Å². The number of nitrogens with zero attached hydrogens (tertiary/aromatic N) is 2. The Morgan fingerprint density at radius 2 is 1.41 bits per heavy atom. The minimum Gasteiger partial charge on any atom is -0.424 e. The van der Waals surface area contributed by atoms with Crippen molar-refractivity contribution in [3.63, 3.8) is 0 Å². The van der Waals surface area contributed by atoms with Gasteiger partial charge in [0.2, 0.25) is 5.91 Å². The predicted molar refractivity (Wildman–Crippen MR) is 126 cm³/mol. The third kappa shape index (κ3) is 5.58. The largest absolute Gasteiger partial charge is 0.424 e. The number of ether oxygens (including phenoxy) is 1. The molecule has 0 aliphatic carbocycles. The third-order valence-corrected chi connectivity index (χ3v) is 5.08. The number of aromatic nitrogens is 2. The summed E-state index contributed by atoms with van der Waals surface area (Å²) in [6, 6.07) is 29.6. The molecule has 0 aliphatic heterocycles. The fraction of sp³-hybridized carbons (Fsp3) is 0.148. The van der Waals surface area contributed by atoms with Crippen LogP contribution in [0.1, 0.15) is 34.9 Å². The molecule has 0 radical (unpaired) electrons. The maximum atomic E-state index is 13.0. The molecule has 1 amide bonds. The molecule has 1 aromatic heterocycles. The summed E-state index contributed by atoms with van der Waals surface area (Å²) in [5.74, 6) is 0.471. The lowest BCUT2D eigenvalue weighted by Crippen LogP contribution is -2.16. The van der Waals surface area contributed by atoms with Crippen molar-refractivity contribution in [2.45, 2.75) is 26.2 Å². The molecule has 0 aliphatic rings. The lowest BCUT2D eigenvalue weighted by molar-refractivity contribution is -0.116. The monoisotopic (exact) mass is 423 g/mol. The third-order valence-electron chi connectivity index (χ3n) is 5.08. The van der Waals surface area contributed by atoms with Crippen LogP contribution in [0.25, 0.3) is 0 Å². The van der Waals surface area contributed by atoms with E-state index in [-0.39, 0.29) is 11.8 Å². The van der Waals surface area contributed by atoms with E-state index in [1.807, 2.05) is 74.5 Å². The molecule has 0 bridgehead atoms. The summed E-state index contributed by atoms with van der Waals surface area (Å²) in [6.07, 6.45) is 0.333. The van der Waals surface area contributed by atoms with Gasteiger partial charge in [0.05, 0.1) is 0 Å². The van der Waals surface area contributed by atoms with Gasteiger partial charge in [-0.25, -0.2) is 9.97 Å². The molecule has 4 rings (SSSR count). The molecule has 5 heteroatoms. The summed E-state index contributed by atoms with van der Waals surface area (Å²) < 4.78 is 5.81. The molecule has 5 nitrogen and oxygen atoms in total. The van der Waals surface area contributed by atoms with Crippen molar-refractivity contribution >= 4 is 11.6 Å². The number of nitrogens with one attached hydrogen (secondary N) is 1. The highest BCUT2D eigenvalue weighted by Gasteiger charge is 2.18. The van der Waals surface area contributed by atoms with Crippen molar-refractivity contribution in [1.82, 2.24) is 9.97 Å². The maximum absolute atomic E-state index is 13.0. The zero-order chi connectivity index (χ0) is 22.3. The molecule has 1 heterocycles. The SMILES string of the molecule is Cc1cc(C)nc(Oc2cccc(NC(=O)CC(c3ccccc3)c3ccccc3)c2)n1. The van der Waals surface area contributed by atoms with Crippen molar-refractivity contribution in [3.8, 4) is 11.8 Å².